The maximum absolute atomic E-state index is 12.3. The van der Waals surface area contributed by atoms with E-state index in [1.165, 1.54) is 0 Å². The number of hydrogen-bond acceptors (Lipinski definition) is 1. The Morgan fingerprint density at radius 2 is 2.44 bits per heavy atom. The topological polar surface area (TPSA) is 29.1 Å². The van der Waals surface area contributed by atoms with Crippen LogP contribution in [0.1, 0.15) is 12.8 Å². The number of alkyl halides is 1. The van der Waals surface area contributed by atoms with Crippen molar-refractivity contribution in [2.45, 2.75) is 19.0 Å². The Labute approximate surface area is 52.7 Å². The molecule has 3 heteroatoms. The quantitative estimate of drug-likeness (QED) is 0.513. The second-order valence-electron chi connectivity index (χ2n) is 2.10. The minimum atomic E-state index is -1.32. The highest BCUT2D eigenvalue weighted by Gasteiger charge is 2.22. The lowest BCUT2D eigenvalue weighted by molar-refractivity contribution is -0.126. The summed E-state index contributed by atoms with van der Waals surface area (Å²) < 4.78 is 12.3. The molecule has 1 atom stereocenters. The summed E-state index contributed by atoms with van der Waals surface area (Å²) >= 11 is 0. The average molecular weight is 129 g/mol. The van der Waals surface area contributed by atoms with Crippen molar-refractivity contribution in [2.24, 2.45) is 0 Å². The second kappa shape index (κ2) is 2.17. The van der Waals surface area contributed by atoms with Gasteiger partial charge in [0.25, 0.3) is 5.91 Å². The van der Waals surface area contributed by atoms with Crippen LogP contribution in [0, 0.1) is 0 Å². The summed E-state index contributed by atoms with van der Waals surface area (Å²) in [6, 6.07) is 0. The fourth-order valence-corrected chi connectivity index (χ4v) is 0.747. The van der Waals surface area contributed by atoms with Gasteiger partial charge in [0, 0.05) is 5.70 Å². The number of hydrogen-bond donors (Lipinski definition) is 1. The van der Waals surface area contributed by atoms with E-state index in [2.05, 4.69) is 11.9 Å². The zero-order chi connectivity index (χ0) is 6.85. The molecular weight excluding hydrogens is 121 g/mol. The van der Waals surface area contributed by atoms with Crippen LogP contribution in [-0.2, 0) is 4.79 Å². The molecular formula is C6H8FNO. The van der Waals surface area contributed by atoms with Crippen molar-refractivity contribution in [3.63, 3.8) is 0 Å². The smallest absolute Gasteiger partial charge is 0.258 e. The van der Waals surface area contributed by atoms with Crippen LogP contribution in [0.3, 0.4) is 0 Å². The molecule has 0 spiro atoms. The molecule has 1 rings (SSSR count). The number of halogens is 1. The van der Waals surface area contributed by atoms with E-state index in [-0.39, 0.29) is 6.42 Å². The first-order valence-electron chi connectivity index (χ1n) is 2.83. The van der Waals surface area contributed by atoms with Gasteiger partial charge in [0.1, 0.15) is 0 Å². The van der Waals surface area contributed by atoms with E-state index in [1.807, 2.05) is 0 Å². The minimum Gasteiger partial charge on any atom is -0.328 e. The molecule has 50 valence electrons. The number of piperidine rings is 1. The molecule has 0 aromatic heterocycles. The molecule has 0 bridgehead atoms. The van der Waals surface area contributed by atoms with E-state index in [1.54, 1.807) is 0 Å². The molecule has 0 aliphatic carbocycles. The van der Waals surface area contributed by atoms with Crippen LogP contribution in [-0.4, -0.2) is 12.1 Å². The average Bonchev–Trinajstić information content (AvgIpc) is 1.80. The van der Waals surface area contributed by atoms with Gasteiger partial charge in [-0.25, -0.2) is 4.39 Å². The number of amides is 1. The zero-order valence-electron chi connectivity index (χ0n) is 4.98. The van der Waals surface area contributed by atoms with Gasteiger partial charge in [-0.1, -0.05) is 6.58 Å². The Hall–Kier alpha value is -0.860. The molecule has 1 heterocycles. The van der Waals surface area contributed by atoms with Gasteiger partial charge >= 0.3 is 0 Å². The summed E-state index contributed by atoms with van der Waals surface area (Å²) in [7, 11) is 0. The SMILES string of the molecule is C=C1CCC(F)C(=O)N1. The van der Waals surface area contributed by atoms with Gasteiger partial charge in [-0.05, 0) is 12.8 Å². The van der Waals surface area contributed by atoms with Gasteiger partial charge in [-0.2, -0.15) is 0 Å². The van der Waals surface area contributed by atoms with Crippen molar-refractivity contribution in [1.29, 1.82) is 0 Å². The Bertz CT molecular complexity index is 155. The van der Waals surface area contributed by atoms with Crippen molar-refractivity contribution in [3.05, 3.63) is 12.3 Å². The molecule has 2 nitrogen and oxygen atoms in total. The highest BCUT2D eigenvalue weighted by atomic mass is 19.1. The van der Waals surface area contributed by atoms with Crippen molar-refractivity contribution in [3.8, 4) is 0 Å². The molecule has 1 unspecified atom stereocenters. The van der Waals surface area contributed by atoms with Gasteiger partial charge in [-0.15, -0.1) is 0 Å². The maximum Gasteiger partial charge on any atom is 0.258 e. The maximum atomic E-state index is 12.3. The molecule has 1 fully saturated rings. The lowest BCUT2D eigenvalue weighted by Gasteiger charge is -2.16. The molecule has 0 radical (unpaired) electrons. The molecule has 0 aromatic carbocycles. The van der Waals surface area contributed by atoms with Crippen LogP contribution >= 0.6 is 0 Å². The molecule has 0 saturated carbocycles. The summed E-state index contributed by atoms with van der Waals surface area (Å²) in [4.78, 5) is 10.5. The molecule has 1 N–H and O–H groups in total. The number of allylic oxidation sites excluding steroid dienone is 1. The first kappa shape index (κ1) is 6.26. The van der Waals surface area contributed by atoms with Crippen LogP contribution in [0.25, 0.3) is 0 Å². The third kappa shape index (κ3) is 1.28. The standard InChI is InChI=1S/C6H8FNO/c1-4-2-3-5(7)6(9)8-4/h5H,1-3H2,(H,8,9). The highest BCUT2D eigenvalue weighted by molar-refractivity contribution is 5.83. The second-order valence-corrected chi connectivity index (χ2v) is 2.10. The minimum absolute atomic E-state index is 0.282. The van der Waals surface area contributed by atoms with Crippen molar-refractivity contribution < 1.29 is 9.18 Å². The largest absolute Gasteiger partial charge is 0.328 e. The summed E-state index contributed by atoms with van der Waals surface area (Å²) in [5.74, 6) is -0.550. The lowest BCUT2D eigenvalue weighted by Crippen LogP contribution is -2.35. The van der Waals surface area contributed by atoms with Crippen LogP contribution in [0.2, 0.25) is 0 Å². The fourth-order valence-electron chi connectivity index (χ4n) is 0.747. The number of rotatable bonds is 0. The summed E-state index contributed by atoms with van der Waals surface area (Å²) in [5.41, 5.74) is 0.619. The van der Waals surface area contributed by atoms with Gasteiger partial charge in [-0.3, -0.25) is 4.79 Å². The van der Waals surface area contributed by atoms with E-state index in [0.29, 0.717) is 12.1 Å². The first-order valence-corrected chi connectivity index (χ1v) is 2.83. The molecule has 1 aliphatic rings. The molecule has 0 aromatic rings. The Morgan fingerprint density at radius 3 is 2.89 bits per heavy atom. The monoisotopic (exact) mass is 129 g/mol. The summed E-state index contributed by atoms with van der Waals surface area (Å²) in [6.07, 6.45) is -0.479. The fraction of sp³-hybridized carbons (Fsp3) is 0.500. The van der Waals surface area contributed by atoms with Crippen molar-refractivity contribution in [2.75, 3.05) is 0 Å². The van der Waals surface area contributed by atoms with Crippen LogP contribution in [0.4, 0.5) is 4.39 Å². The molecule has 1 saturated heterocycles. The number of nitrogens with one attached hydrogen (secondary N) is 1. The summed E-state index contributed by atoms with van der Waals surface area (Å²) in [5, 5.41) is 2.32. The zero-order valence-corrected chi connectivity index (χ0v) is 4.98. The Balaban J connectivity index is 2.54. The number of carbonyl (C=O) groups is 1. The lowest BCUT2D eigenvalue weighted by atomic mass is 10.1. The summed E-state index contributed by atoms with van der Waals surface area (Å²) in [6.45, 7) is 3.50. The van der Waals surface area contributed by atoms with Gasteiger partial charge < -0.3 is 5.32 Å². The van der Waals surface area contributed by atoms with E-state index >= 15 is 0 Å². The van der Waals surface area contributed by atoms with Crippen molar-refractivity contribution in [1.82, 2.24) is 5.32 Å². The van der Waals surface area contributed by atoms with E-state index in [9.17, 15) is 9.18 Å². The van der Waals surface area contributed by atoms with Gasteiger partial charge in [0.2, 0.25) is 0 Å². The van der Waals surface area contributed by atoms with Crippen molar-refractivity contribution >= 4 is 5.91 Å². The first-order chi connectivity index (χ1) is 4.20. The third-order valence-electron chi connectivity index (χ3n) is 1.28. The molecule has 1 amide bonds. The van der Waals surface area contributed by atoms with Crippen LogP contribution < -0.4 is 5.32 Å². The molecule has 1 aliphatic heterocycles. The normalized spacial score (nSPS) is 27.9. The third-order valence-corrected chi connectivity index (χ3v) is 1.28. The Morgan fingerprint density at radius 1 is 1.78 bits per heavy atom. The van der Waals surface area contributed by atoms with Gasteiger partial charge in [0.05, 0.1) is 0 Å². The van der Waals surface area contributed by atoms with Gasteiger partial charge in [0.15, 0.2) is 6.17 Å². The van der Waals surface area contributed by atoms with Crippen LogP contribution in [0.5, 0.6) is 0 Å². The predicted molar refractivity (Wildman–Crippen MR) is 31.4 cm³/mol. The van der Waals surface area contributed by atoms with Crippen LogP contribution in [0.15, 0.2) is 12.3 Å². The van der Waals surface area contributed by atoms with E-state index < -0.39 is 12.1 Å². The molecule has 9 heavy (non-hydrogen) atoms. The van der Waals surface area contributed by atoms with E-state index in [0.717, 1.165) is 0 Å². The Kier molecular flexibility index (Phi) is 1.51. The number of carbonyl (C=O) groups excluding carboxylic acids is 1. The highest BCUT2D eigenvalue weighted by Crippen LogP contribution is 2.12. The van der Waals surface area contributed by atoms with E-state index in [4.69, 9.17) is 0 Å². The predicted octanol–water partition coefficient (Wildman–Crippen LogP) is 0.748.